The molecule has 0 bridgehead atoms. The molecule has 5 nitrogen and oxygen atoms in total. The molecule has 4 rings (SSSR count). The van der Waals surface area contributed by atoms with Crippen LogP contribution in [0.5, 0.6) is 0 Å². The molecule has 118 valence electrons. The van der Waals surface area contributed by atoms with Crippen LogP contribution in [0.25, 0.3) is 16.4 Å². The quantitative estimate of drug-likeness (QED) is 0.463. The largest absolute Gasteiger partial charge is 0.454 e. The number of pyridine rings is 1. The number of carbonyl (C=O) groups excluding carboxylic acids is 2. The van der Waals surface area contributed by atoms with Crippen molar-refractivity contribution >= 4 is 28.2 Å². The Kier molecular flexibility index (Phi) is 3.39. The third-order valence-corrected chi connectivity index (χ3v) is 4.00. The predicted octanol–water partition coefficient (Wildman–Crippen LogP) is 3.46. The van der Waals surface area contributed by atoms with Gasteiger partial charge in [0.05, 0.1) is 11.1 Å². The van der Waals surface area contributed by atoms with E-state index in [-0.39, 0.29) is 12.4 Å². The molecular weight excluding hydrogens is 304 g/mol. The maximum atomic E-state index is 12.3. The smallest absolute Gasteiger partial charge is 0.340 e. The van der Waals surface area contributed by atoms with E-state index in [0.29, 0.717) is 11.1 Å². The van der Waals surface area contributed by atoms with Gasteiger partial charge in [0.1, 0.15) is 0 Å². The number of H-pyrrole nitrogens is 1. The van der Waals surface area contributed by atoms with Crippen LogP contribution in [0.4, 0.5) is 0 Å². The van der Waals surface area contributed by atoms with Crippen LogP contribution in [-0.2, 0) is 4.74 Å². The van der Waals surface area contributed by atoms with Gasteiger partial charge in [0.15, 0.2) is 12.4 Å². The molecule has 0 atom stereocenters. The average Bonchev–Trinajstić information content (AvgIpc) is 3.25. The molecule has 0 radical (unpaired) electrons. The molecule has 3 heterocycles. The number of aromatic nitrogens is 2. The summed E-state index contributed by atoms with van der Waals surface area (Å²) in [4.78, 5) is 27.6. The highest BCUT2D eigenvalue weighted by Crippen LogP contribution is 2.16. The second-order valence-electron chi connectivity index (χ2n) is 5.50. The van der Waals surface area contributed by atoms with Gasteiger partial charge in [0.2, 0.25) is 0 Å². The van der Waals surface area contributed by atoms with Crippen LogP contribution in [0.15, 0.2) is 67.1 Å². The van der Waals surface area contributed by atoms with Crippen molar-refractivity contribution in [1.29, 1.82) is 0 Å². The van der Waals surface area contributed by atoms with Crippen molar-refractivity contribution in [2.24, 2.45) is 0 Å². The lowest BCUT2D eigenvalue weighted by molar-refractivity contribution is 0.0477. The average molecular weight is 318 g/mol. The number of ether oxygens (including phenoxy) is 1. The molecule has 3 aromatic heterocycles. The Labute approximate surface area is 137 Å². The molecule has 1 N–H and O–H groups in total. The Morgan fingerprint density at radius 1 is 1.04 bits per heavy atom. The Morgan fingerprint density at radius 2 is 1.96 bits per heavy atom. The van der Waals surface area contributed by atoms with Crippen LogP contribution in [0.3, 0.4) is 0 Å². The van der Waals surface area contributed by atoms with Gasteiger partial charge in [-0.2, -0.15) is 0 Å². The third-order valence-electron chi connectivity index (χ3n) is 4.00. The molecule has 0 fully saturated rings. The lowest BCUT2D eigenvalue weighted by Gasteiger charge is -2.04. The number of aromatic amines is 1. The van der Waals surface area contributed by atoms with Crippen LogP contribution in [0, 0.1) is 0 Å². The van der Waals surface area contributed by atoms with Gasteiger partial charge in [0, 0.05) is 35.1 Å². The molecule has 1 aromatic carbocycles. The van der Waals surface area contributed by atoms with E-state index in [1.165, 1.54) is 0 Å². The van der Waals surface area contributed by atoms with E-state index < -0.39 is 5.97 Å². The van der Waals surface area contributed by atoms with Crippen LogP contribution < -0.4 is 0 Å². The van der Waals surface area contributed by atoms with Crippen molar-refractivity contribution in [3.05, 3.63) is 78.2 Å². The van der Waals surface area contributed by atoms with Crippen LogP contribution in [0.2, 0.25) is 0 Å². The highest BCUT2D eigenvalue weighted by atomic mass is 16.5. The molecule has 0 aliphatic carbocycles. The summed E-state index contributed by atoms with van der Waals surface area (Å²) in [5.74, 6) is -0.727. The first-order chi connectivity index (χ1) is 11.7. The first-order valence-electron chi connectivity index (χ1n) is 7.55. The Bertz CT molecular complexity index is 1060. The van der Waals surface area contributed by atoms with Gasteiger partial charge in [-0.05, 0) is 42.5 Å². The van der Waals surface area contributed by atoms with Gasteiger partial charge in [-0.1, -0.05) is 6.07 Å². The van der Waals surface area contributed by atoms with Gasteiger partial charge >= 0.3 is 5.97 Å². The fraction of sp³-hybridized carbons (Fsp3) is 0.0526. The van der Waals surface area contributed by atoms with E-state index in [2.05, 4.69) is 4.98 Å². The van der Waals surface area contributed by atoms with Crippen molar-refractivity contribution < 1.29 is 14.3 Å². The number of fused-ring (bicyclic) bond motifs is 2. The number of rotatable bonds is 4. The lowest BCUT2D eigenvalue weighted by atomic mass is 10.1. The molecule has 5 heteroatoms. The van der Waals surface area contributed by atoms with E-state index in [0.717, 1.165) is 16.4 Å². The summed E-state index contributed by atoms with van der Waals surface area (Å²) in [6, 6.07) is 14.5. The van der Waals surface area contributed by atoms with E-state index in [9.17, 15) is 9.59 Å². The summed E-state index contributed by atoms with van der Waals surface area (Å²) < 4.78 is 7.03. The minimum Gasteiger partial charge on any atom is -0.454 e. The zero-order valence-electron chi connectivity index (χ0n) is 12.7. The van der Waals surface area contributed by atoms with E-state index in [1.54, 1.807) is 24.4 Å². The molecule has 0 aliphatic rings. The monoisotopic (exact) mass is 318 g/mol. The zero-order chi connectivity index (χ0) is 16.5. The molecular formula is C19H14N2O3. The third kappa shape index (κ3) is 2.46. The number of carbonyl (C=O) groups is 2. The second kappa shape index (κ2) is 5.70. The minimum absolute atomic E-state index is 0.227. The van der Waals surface area contributed by atoms with E-state index in [1.807, 2.05) is 47.1 Å². The molecule has 0 saturated carbocycles. The van der Waals surface area contributed by atoms with Crippen molar-refractivity contribution in [3.8, 4) is 0 Å². The van der Waals surface area contributed by atoms with Gasteiger partial charge in [-0.15, -0.1) is 0 Å². The van der Waals surface area contributed by atoms with Gasteiger partial charge in [0.25, 0.3) is 0 Å². The molecule has 24 heavy (non-hydrogen) atoms. The standard InChI is InChI=1S/C19H14N2O3/c22-18(14-4-5-16-13(11-14)6-8-20-16)12-24-19(23)15-7-10-21-9-2-1-3-17(15)21/h1-11,20H,12H2. The Morgan fingerprint density at radius 3 is 2.88 bits per heavy atom. The summed E-state index contributed by atoms with van der Waals surface area (Å²) in [5, 5.41) is 0.950. The van der Waals surface area contributed by atoms with Gasteiger partial charge in [-0.25, -0.2) is 4.79 Å². The van der Waals surface area contributed by atoms with E-state index in [4.69, 9.17) is 4.74 Å². The molecule has 4 aromatic rings. The topological polar surface area (TPSA) is 63.6 Å². The molecule has 0 unspecified atom stereocenters. The number of nitrogens with one attached hydrogen (secondary N) is 1. The lowest BCUT2D eigenvalue weighted by Crippen LogP contribution is -2.14. The molecule has 0 spiro atoms. The molecule has 0 amide bonds. The number of Topliss-reactive ketones (excluding diaryl/α,β-unsaturated/α-hetero) is 1. The first-order valence-corrected chi connectivity index (χ1v) is 7.55. The molecule has 0 aliphatic heterocycles. The highest BCUT2D eigenvalue weighted by Gasteiger charge is 2.15. The van der Waals surface area contributed by atoms with E-state index >= 15 is 0 Å². The Balaban J connectivity index is 1.49. The predicted molar refractivity (Wildman–Crippen MR) is 90.3 cm³/mol. The number of esters is 1. The van der Waals surface area contributed by atoms with Gasteiger partial charge in [-0.3, -0.25) is 4.79 Å². The van der Waals surface area contributed by atoms with Crippen molar-refractivity contribution in [3.63, 3.8) is 0 Å². The number of ketones is 1. The first kappa shape index (κ1) is 14.3. The second-order valence-corrected chi connectivity index (χ2v) is 5.50. The van der Waals surface area contributed by atoms with Crippen LogP contribution in [-0.4, -0.2) is 27.7 Å². The van der Waals surface area contributed by atoms with Crippen LogP contribution >= 0.6 is 0 Å². The fourth-order valence-electron chi connectivity index (χ4n) is 2.75. The minimum atomic E-state index is -0.500. The summed E-state index contributed by atoms with van der Waals surface area (Å²) in [6.45, 7) is -0.279. The maximum absolute atomic E-state index is 12.3. The fourth-order valence-corrected chi connectivity index (χ4v) is 2.75. The van der Waals surface area contributed by atoms with Crippen molar-refractivity contribution in [2.75, 3.05) is 6.61 Å². The zero-order valence-corrected chi connectivity index (χ0v) is 12.7. The molecule has 0 saturated heterocycles. The number of hydrogen-bond donors (Lipinski definition) is 1. The number of hydrogen-bond acceptors (Lipinski definition) is 3. The van der Waals surface area contributed by atoms with Crippen molar-refractivity contribution in [1.82, 2.24) is 9.38 Å². The van der Waals surface area contributed by atoms with Crippen LogP contribution in [0.1, 0.15) is 20.7 Å². The SMILES string of the molecule is O=C(COC(=O)c1ccn2ccccc12)c1ccc2[nH]ccc2c1. The van der Waals surface area contributed by atoms with Crippen molar-refractivity contribution in [2.45, 2.75) is 0 Å². The summed E-state index contributed by atoms with van der Waals surface area (Å²) in [7, 11) is 0. The van der Waals surface area contributed by atoms with Gasteiger partial charge < -0.3 is 14.1 Å². The Hall–Kier alpha value is -3.34. The number of benzene rings is 1. The number of nitrogens with zero attached hydrogens (tertiary/aromatic N) is 1. The summed E-state index contributed by atoms with van der Waals surface area (Å²) in [6.07, 6.45) is 5.45. The highest BCUT2D eigenvalue weighted by molar-refractivity contribution is 6.03. The normalized spacial score (nSPS) is 11.0. The summed E-state index contributed by atoms with van der Waals surface area (Å²) in [5.41, 5.74) is 2.69. The maximum Gasteiger partial charge on any atom is 0.340 e. The summed E-state index contributed by atoms with van der Waals surface area (Å²) >= 11 is 0.